The Balaban J connectivity index is 1.88. The lowest BCUT2D eigenvalue weighted by Gasteiger charge is -2.38. The Kier molecular flexibility index (Phi) is 2.85. The molecule has 0 unspecified atom stereocenters. The van der Waals surface area contributed by atoms with Gasteiger partial charge in [0.25, 0.3) is 0 Å². The van der Waals surface area contributed by atoms with Crippen molar-refractivity contribution in [2.75, 3.05) is 38.0 Å². The van der Waals surface area contributed by atoms with Crippen LogP contribution in [0.25, 0.3) is 0 Å². The summed E-state index contributed by atoms with van der Waals surface area (Å²) in [6.45, 7) is 4.09. The molecule has 0 N–H and O–H groups in total. The van der Waals surface area contributed by atoms with E-state index in [1.165, 1.54) is 5.69 Å². The van der Waals surface area contributed by atoms with Gasteiger partial charge in [0.2, 0.25) is 0 Å². The number of ether oxygens (including phenoxy) is 1. The average molecular weight is 258 g/mol. The van der Waals surface area contributed by atoms with Gasteiger partial charge in [0.05, 0.1) is 28.1 Å². The molecule has 3 heterocycles. The van der Waals surface area contributed by atoms with E-state index < -0.39 is 0 Å². The van der Waals surface area contributed by atoms with Gasteiger partial charge in [-0.05, 0) is 6.07 Å². The third-order valence-corrected chi connectivity index (χ3v) is 3.93. The molecule has 4 nitrogen and oxygen atoms in total. The van der Waals surface area contributed by atoms with Crippen LogP contribution in [0.5, 0.6) is 0 Å². The number of nitrogens with zero attached hydrogens (tertiary/aromatic N) is 3. The highest BCUT2D eigenvalue weighted by Gasteiger charge is 2.24. The predicted molar refractivity (Wildman–Crippen MR) is 66.7 cm³/mol. The van der Waals surface area contributed by atoms with Crippen molar-refractivity contribution in [3.63, 3.8) is 0 Å². The molecule has 16 heavy (non-hydrogen) atoms. The minimum atomic E-state index is 0.681. The standard InChI is InChI=1S/C10H12ClN3OS/c11-10-5-8-9(16-10)6-12-7-14(8)13-1-3-15-4-2-13/h5-6H,1-4,7H2. The van der Waals surface area contributed by atoms with Crippen molar-refractivity contribution in [3.05, 3.63) is 15.3 Å². The molecule has 3 rings (SSSR count). The van der Waals surface area contributed by atoms with Crippen LogP contribution in [0.2, 0.25) is 4.34 Å². The largest absolute Gasteiger partial charge is 0.379 e. The molecule has 0 aliphatic carbocycles. The van der Waals surface area contributed by atoms with Crippen LogP contribution in [-0.4, -0.2) is 44.2 Å². The first-order chi connectivity index (χ1) is 7.84. The zero-order chi connectivity index (χ0) is 11.0. The van der Waals surface area contributed by atoms with Crippen LogP contribution >= 0.6 is 22.9 Å². The van der Waals surface area contributed by atoms with Gasteiger partial charge in [0, 0.05) is 19.3 Å². The smallest absolute Gasteiger partial charge is 0.125 e. The summed E-state index contributed by atoms with van der Waals surface area (Å²) in [5, 5.41) is 4.47. The lowest BCUT2D eigenvalue weighted by Crippen LogP contribution is -2.50. The highest BCUT2D eigenvalue weighted by molar-refractivity contribution is 7.18. The third kappa shape index (κ3) is 1.84. The maximum Gasteiger partial charge on any atom is 0.125 e. The molecular weight excluding hydrogens is 246 g/mol. The van der Waals surface area contributed by atoms with Crippen molar-refractivity contribution in [2.45, 2.75) is 0 Å². The Morgan fingerprint density at radius 3 is 3.00 bits per heavy atom. The van der Waals surface area contributed by atoms with E-state index in [4.69, 9.17) is 16.3 Å². The first-order valence-corrected chi connectivity index (χ1v) is 6.43. The first kappa shape index (κ1) is 10.5. The highest BCUT2D eigenvalue weighted by Crippen LogP contribution is 2.35. The molecule has 6 heteroatoms. The van der Waals surface area contributed by atoms with Crippen molar-refractivity contribution < 1.29 is 4.74 Å². The third-order valence-electron chi connectivity index (χ3n) is 2.74. The van der Waals surface area contributed by atoms with Gasteiger partial charge >= 0.3 is 0 Å². The summed E-state index contributed by atoms with van der Waals surface area (Å²) in [6, 6.07) is 2.02. The number of aliphatic imine (C=N–C) groups is 1. The molecule has 2 aliphatic rings. The highest BCUT2D eigenvalue weighted by atomic mass is 35.5. The zero-order valence-corrected chi connectivity index (χ0v) is 10.3. The van der Waals surface area contributed by atoms with Crippen LogP contribution in [-0.2, 0) is 4.74 Å². The van der Waals surface area contributed by atoms with Crippen LogP contribution in [0.15, 0.2) is 11.1 Å². The Morgan fingerprint density at radius 2 is 2.19 bits per heavy atom. The van der Waals surface area contributed by atoms with Crippen LogP contribution in [0.1, 0.15) is 4.88 Å². The summed E-state index contributed by atoms with van der Waals surface area (Å²) in [7, 11) is 0. The number of thiophene rings is 1. The number of rotatable bonds is 1. The molecule has 86 valence electrons. The van der Waals surface area contributed by atoms with Gasteiger partial charge in [0.15, 0.2) is 0 Å². The molecule has 2 aliphatic heterocycles. The molecule has 1 aromatic rings. The Morgan fingerprint density at radius 1 is 1.38 bits per heavy atom. The molecule has 0 amide bonds. The van der Waals surface area contributed by atoms with Crippen LogP contribution in [0.3, 0.4) is 0 Å². The summed E-state index contributed by atoms with van der Waals surface area (Å²) < 4.78 is 6.17. The molecule has 0 spiro atoms. The van der Waals surface area contributed by atoms with E-state index >= 15 is 0 Å². The topological polar surface area (TPSA) is 28.1 Å². The lowest BCUT2D eigenvalue weighted by atomic mass is 10.3. The van der Waals surface area contributed by atoms with Gasteiger partial charge in [-0.2, -0.15) is 0 Å². The molecular formula is C10H12ClN3OS. The quantitative estimate of drug-likeness (QED) is 0.769. The Bertz CT molecular complexity index is 414. The maximum absolute atomic E-state index is 6.04. The van der Waals surface area contributed by atoms with Crippen LogP contribution < -0.4 is 5.01 Å². The number of hydrogen-bond acceptors (Lipinski definition) is 5. The van der Waals surface area contributed by atoms with E-state index in [1.807, 2.05) is 12.3 Å². The number of hydrogen-bond donors (Lipinski definition) is 0. The molecule has 1 saturated heterocycles. The molecule has 0 atom stereocenters. The number of halogens is 1. The van der Waals surface area contributed by atoms with Crippen molar-refractivity contribution >= 4 is 34.8 Å². The normalized spacial score (nSPS) is 21.2. The van der Waals surface area contributed by atoms with E-state index in [0.29, 0.717) is 6.67 Å². The second-order valence-electron chi connectivity index (χ2n) is 3.72. The van der Waals surface area contributed by atoms with Crippen molar-refractivity contribution in [1.82, 2.24) is 5.01 Å². The molecule has 1 aromatic heterocycles. The molecule has 0 saturated carbocycles. The van der Waals surface area contributed by atoms with Crippen LogP contribution in [0.4, 0.5) is 5.69 Å². The van der Waals surface area contributed by atoms with Gasteiger partial charge in [-0.1, -0.05) is 11.6 Å². The summed E-state index contributed by atoms with van der Waals surface area (Å²) in [5.74, 6) is 0. The summed E-state index contributed by atoms with van der Waals surface area (Å²) in [5.41, 5.74) is 1.17. The summed E-state index contributed by atoms with van der Waals surface area (Å²) >= 11 is 7.62. The van der Waals surface area contributed by atoms with Crippen LogP contribution in [0, 0.1) is 0 Å². The lowest BCUT2D eigenvalue weighted by molar-refractivity contribution is 0.0319. The van der Waals surface area contributed by atoms with Gasteiger partial charge in [-0.15, -0.1) is 11.3 Å². The molecule has 0 aromatic carbocycles. The fourth-order valence-electron chi connectivity index (χ4n) is 1.97. The van der Waals surface area contributed by atoms with Crippen molar-refractivity contribution in [2.24, 2.45) is 4.99 Å². The van der Waals surface area contributed by atoms with Gasteiger partial charge in [-0.25, -0.2) is 5.01 Å². The number of morpholine rings is 1. The fraction of sp³-hybridized carbons (Fsp3) is 0.500. The molecule has 0 radical (unpaired) electrons. The summed E-state index contributed by atoms with van der Waals surface area (Å²) in [6.07, 6.45) is 1.91. The number of anilines is 1. The van der Waals surface area contributed by atoms with Gasteiger partial charge in [-0.3, -0.25) is 10.0 Å². The van der Waals surface area contributed by atoms with Crippen molar-refractivity contribution in [1.29, 1.82) is 0 Å². The minimum absolute atomic E-state index is 0.681. The SMILES string of the molecule is Clc1cc2c(s1)C=NCN2N1CCOCC1. The van der Waals surface area contributed by atoms with E-state index in [1.54, 1.807) is 11.3 Å². The second kappa shape index (κ2) is 4.33. The Hall–Kier alpha value is -0.620. The predicted octanol–water partition coefficient (Wildman–Crippen LogP) is 1.85. The molecule has 1 fully saturated rings. The van der Waals surface area contributed by atoms with E-state index in [-0.39, 0.29) is 0 Å². The van der Waals surface area contributed by atoms with Gasteiger partial charge < -0.3 is 4.74 Å². The monoisotopic (exact) mass is 257 g/mol. The summed E-state index contributed by atoms with van der Waals surface area (Å²) in [4.78, 5) is 5.50. The van der Waals surface area contributed by atoms with Gasteiger partial charge in [0.1, 0.15) is 6.67 Å². The first-order valence-electron chi connectivity index (χ1n) is 5.24. The fourth-order valence-corrected chi connectivity index (χ4v) is 3.10. The average Bonchev–Trinajstić information content (AvgIpc) is 2.70. The second-order valence-corrected chi connectivity index (χ2v) is 5.43. The van der Waals surface area contributed by atoms with E-state index in [2.05, 4.69) is 15.0 Å². The molecule has 0 bridgehead atoms. The van der Waals surface area contributed by atoms with E-state index in [9.17, 15) is 0 Å². The number of fused-ring (bicyclic) bond motifs is 1. The number of hydrazine groups is 1. The van der Waals surface area contributed by atoms with E-state index in [0.717, 1.165) is 35.5 Å². The maximum atomic E-state index is 6.04. The van der Waals surface area contributed by atoms with Crippen molar-refractivity contribution in [3.8, 4) is 0 Å². The zero-order valence-electron chi connectivity index (χ0n) is 8.73. The minimum Gasteiger partial charge on any atom is -0.379 e. The Labute approximate surface area is 103 Å².